The number of aromatic nitrogens is 2. The van der Waals surface area contributed by atoms with Gasteiger partial charge >= 0.3 is 0 Å². The second-order valence-electron chi connectivity index (χ2n) is 4.82. The van der Waals surface area contributed by atoms with E-state index in [9.17, 15) is 0 Å². The van der Waals surface area contributed by atoms with Crippen molar-refractivity contribution in [1.29, 1.82) is 0 Å². The van der Waals surface area contributed by atoms with E-state index in [1.807, 2.05) is 6.92 Å². The number of hydrogen-bond donors (Lipinski definition) is 1. The summed E-state index contributed by atoms with van der Waals surface area (Å²) < 4.78 is 2.18. The Morgan fingerprint density at radius 1 is 1.53 bits per heavy atom. The molecule has 1 aliphatic rings. The molecule has 3 atom stereocenters. The van der Waals surface area contributed by atoms with Crippen LogP contribution < -0.4 is 5.73 Å². The van der Waals surface area contributed by atoms with Gasteiger partial charge in [0.2, 0.25) is 5.95 Å². The molecule has 15 heavy (non-hydrogen) atoms. The molecule has 84 valence electrons. The zero-order valence-electron chi connectivity index (χ0n) is 9.90. The third kappa shape index (κ3) is 1.75. The van der Waals surface area contributed by atoms with E-state index in [2.05, 4.69) is 29.6 Å². The third-order valence-corrected chi connectivity index (χ3v) is 3.95. The molecule has 0 radical (unpaired) electrons. The van der Waals surface area contributed by atoms with Crippen LogP contribution in [0, 0.1) is 18.8 Å². The first kappa shape index (κ1) is 10.5. The molecule has 0 saturated heterocycles. The van der Waals surface area contributed by atoms with Crippen molar-refractivity contribution in [3.8, 4) is 0 Å². The van der Waals surface area contributed by atoms with Gasteiger partial charge in [-0.25, -0.2) is 4.98 Å². The predicted molar refractivity (Wildman–Crippen MR) is 62.6 cm³/mol. The van der Waals surface area contributed by atoms with E-state index in [1.54, 1.807) is 0 Å². The molecule has 3 unspecified atom stereocenters. The first-order chi connectivity index (χ1) is 7.13. The maximum absolute atomic E-state index is 5.92. The van der Waals surface area contributed by atoms with Gasteiger partial charge in [-0.3, -0.25) is 0 Å². The Morgan fingerprint density at radius 2 is 2.27 bits per heavy atom. The zero-order chi connectivity index (χ0) is 11.0. The molecule has 2 N–H and O–H groups in total. The minimum absolute atomic E-state index is 0.566. The fourth-order valence-corrected chi connectivity index (χ4v) is 2.99. The summed E-state index contributed by atoms with van der Waals surface area (Å²) in [6, 6.07) is 0.566. The Balaban J connectivity index is 2.22. The molecule has 1 heterocycles. The molecule has 1 aromatic rings. The van der Waals surface area contributed by atoms with Crippen LogP contribution in [0.25, 0.3) is 0 Å². The summed E-state index contributed by atoms with van der Waals surface area (Å²) in [5.74, 6) is 2.27. The van der Waals surface area contributed by atoms with Crippen LogP contribution in [0.15, 0.2) is 6.20 Å². The molecule has 0 spiro atoms. The second kappa shape index (κ2) is 3.87. The zero-order valence-corrected chi connectivity index (χ0v) is 9.90. The highest BCUT2D eigenvalue weighted by molar-refractivity contribution is 5.23. The maximum atomic E-state index is 5.92. The Morgan fingerprint density at radius 3 is 2.73 bits per heavy atom. The summed E-state index contributed by atoms with van der Waals surface area (Å²) in [5.41, 5.74) is 6.95. The number of anilines is 1. The first-order valence-electron chi connectivity index (χ1n) is 5.94. The summed E-state index contributed by atoms with van der Waals surface area (Å²) in [4.78, 5) is 4.28. The predicted octanol–water partition coefficient (Wildman–Crippen LogP) is 2.77. The average Bonchev–Trinajstić information content (AvgIpc) is 2.69. The highest BCUT2D eigenvalue weighted by Gasteiger charge is 2.33. The van der Waals surface area contributed by atoms with Gasteiger partial charge in [-0.1, -0.05) is 20.3 Å². The maximum Gasteiger partial charge on any atom is 0.200 e. The van der Waals surface area contributed by atoms with E-state index in [1.165, 1.54) is 19.3 Å². The van der Waals surface area contributed by atoms with E-state index >= 15 is 0 Å². The quantitative estimate of drug-likeness (QED) is 0.810. The number of nitrogens with two attached hydrogens (primary N) is 1. The van der Waals surface area contributed by atoms with Crippen molar-refractivity contribution in [2.45, 2.75) is 46.1 Å². The lowest BCUT2D eigenvalue weighted by atomic mass is 9.93. The van der Waals surface area contributed by atoms with E-state index in [0.29, 0.717) is 12.0 Å². The van der Waals surface area contributed by atoms with Gasteiger partial charge < -0.3 is 10.3 Å². The van der Waals surface area contributed by atoms with Crippen LogP contribution in [0.5, 0.6) is 0 Å². The van der Waals surface area contributed by atoms with Crippen molar-refractivity contribution in [1.82, 2.24) is 9.55 Å². The summed E-state index contributed by atoms with van der Waals surface area (Å²) in [7, 11) is 0. The number of rotatable bonds is 2. The SMILES string of the molecule is CCC1CCC(n2cc(C)nc2N)C1C. The van der Waals surface area contributed by atoms with Gasteiger partial charge in [0.25, 0.3) is 0 Å². The highest BCUT2D eigenvalue weighted by atomic mass is 15.2. The van der Waals surface area contributed by atoms with Crippen LogP contribution in [-0.2, 0) is 0 Å². The van der Waals surface area contributed by atoms with Crippen LogP contribution >= 0.6 is 0 Å². The molecule has 0 amide bonds. The lowest BCUT2D eigenvalue weighted by Crippen LogP contribution is -2.16. The Labute approximate surface area is 91.7 Å². The first-order valence-corrected chi connectivity index (χ1v) is 5.94. The lowest BCUT2D eigenvalue weighted by molar-refractivity contribution is 0.331. The molecule has 1 aliphatic carbocycles. The molecule has 0 aromatic carbocycles. The second-order valence-corrected chi connectivity index (χ2v) is 4.82. The van der Waals surface area contributed by atoms with Gasteiger partial charge in [-0.2, -0.15) is 0 Å². The Hall–Kier alpha value is -0.990. The largest absolute Gasteiger partial charge is 0.369 e. The molecule has 0 bridgehead atoms. The highest BCUT2D eigenvalue weighted by Crippen LogP contribution is 2.42. The number of imidazole rings is 1. The number of nitrogens with zero attached hydrogens (tertiary/aromatic N) is 2. The van der Waals surface area contributed by atoms with E-state index in [-0.39, 0.29) is 0 Å². The van der Waals surface area contributed by atoms with Crippen molar-refractivity contribution >= 4 is 5.95 Å². The minimum atomic E-state index is 0.566. The summed E-state index contributed by atoms with van der Waals surface area (Å²) in [6.07, 6.45) is 5.96. The minimum Gasteiger partial charge on any atom is -0.369 e. The molecular weight excluding hydrogens is 186 g/mol. The number of aryl methyl sites for hydroxylation is 1. The van der Waals surface area contributed by atoms with Crippen molar-refractivity contribution in [2.24, 2.45) is 11.8 Å². The standard InChI is InChI=1S/C12H21N3/c1-4-10-5-6-11(9(10)3)15-7-8(2)14-12(15)13/h7,9-11H,4-6H2,1-3H3,(H2,13,14). The molecule has 3 heteroatoms. The lowest BCUT2D eigenvalue weighted by Gasteiger charge is -2.21. The molecular formula is C12H21N3. The smallest absolute Gasteiger partial charge is 0.200 e. The van der Waals surface area contributed by atoms with Crippen molar-refractivity contribution in [2.75, 3.05) is 5.73 Å². The van der Waals surface area contributed by atoms with E-state index < -0.39 is 0 Å². The van der Waals surface area contributed by atoms with Gasteiger partial charge in [-0.15, -0.1) is 0 Å². The van der Waals surface area contributed by atoms with Gasteiger partial charge in [0, 0.05) is 12.2 Å². The molecule has 1 saturated carbocycles. The number of nitrogen functional groups attached to an aromatic ring is 1. The van der Waals surface area contributed by atoms with Crippen LogP contribution in [0.2, 0.25) is 0 Å². The molecule has 3 nitrogen and oxygen atoms in total. The van der Waals surface area contributed by atoms with Crippen molar-refractivity contribution in [3.63, 3.8) is 0 Å². The molecule has 2 rings (SSSR count). The van der Waals surface area contributed by atoms with Gasteiger partial charge in [0.15, 0.2) is 0 Å². The molecule has 0 aliphatic heterocycles. The summed E-state index contributed by atoms with van der Waals surface area (Å²) >= 11 is 0. The normalized spacial score (nSPS) is 31.0. The molecule has 1 aromatic heterocycles. The van der Waals surface area contributed by atoms with Crippen LogP contribution in [0.1, 0.15) is 44.8 Å². The summed E-state index contributed by atoms with van der Waals surface area (Å²) in [6.45, 7) is 6.64. The van der Waals surface area contributed by atoms with Gasteiger partial charge in [-0.05, 0) is 31.6 Å². The van der Waals surface area contributed by atoms with Crippen molar-refractivity contribution in [3.05, 3.63) is 11.9 Å². The summed E-state index contributed by atoms with van der Waals surface area (Å²) in [5, 5.41) is 0. The van der Waals surface area contributed by atoms with Crippen LogP contribution in [0.4, 0.5) is 5.95 Å². The van der Waals surface area contributed by atoms with Crippen LogP contribution in [-0.4, -0.2) is 9.55 Å². The Kier molecular flexibility index (Phi) is 2.72. The van der Waals surface area contributed by atoms with Crippen molar-refractivity contribution < 1.29 is 0 Å². The van der Waals surface area contributed by atoms with Crippen LogP contribution in [0.3, 0.4) is 0 Å². The van der Waals surface area contributed by atoms with E-state index in [0.717, 1.165) is 17.5 Å². The van der Waals surface area contributed by atoms with Gasteiger partial charge in [0.05, 0.1) is 5.69 Å². The number of hydrogen-bond acceptors (Lipinski definition) is 2. The fraction of sp³-hybridized carbons (Fsp3) is 0.750. The monoisotopic (exact) mass is 207 g/mol. The average molecular weight is 207 g/mol. The molecule has 1 fully saturated rings. The third-order valence-electron chi connectivity index (χ3n) is 3.95. The topological polar surface area (TPSA) is 43.8 Å². The van der Waals surface area contributed by atoms with Gasteiger partial charge in [0.1, 0.15) is 0 Å². The fourth-order valence-electron chi connectivity index (χ4n) is 2.99. The Bertz CT molecular complexity index is 343. The van der Waals surface area contributed by atoms with E-state index in [4.69, 9.17) is 5.73 Å².